The Hall–Kier alpha value is -5.98. The highest BCUT2D eigenvalue weighted by Gasteiger charge is 2.70. The third-order valence-electron chi connectivity index (χ3n) is 17.6. The molecular formula is C68H56Br4N4O2. The first kappa shape index (κ1) is 51.5. The fraction of sp³-hybridized carbons (Fsp3) is 0.206. The van der Waals surface area contributed by atoms with E-state index in [2.05, 4.69) is 292 Å². The average molecular weight is 1280 g/mol. The normalized spacial score (nSPS) is 26.7. The van der Waals surface area contributed by atoms with Gasteiger partial charge in [0.05, 0.1) is 12.1 Å². The van der Waals surface area contributed by atoms with Crippen molar-refractivity contribution in [3.05, 3.63) is 279 Å². The number of nitrogens with zero attached hydrogens (tertiary/aromatic N) is 2. The van der Waals surface area contributed by atoms with Crippen molar-refractivity contribution in [3.63, 3.8) is 0 Å². The van der Waals surface area contributed by atoms with E-state index in [1.807, 2.05) is 12.1 Å². The number of benzene rings is 8. The van der Waals surface area contributed by atoms with Crippen LogP contribution in [0.3, 0.4) is 0 Å². The molecule has 6 aliphatic rings. The summed E-state index contributed by atoms with van der Waals surface area (Å²) in [5.74, 6) is 0.100. The summed E-state index contributed by atoms with van der Waals surface area (Å²) in [6.45, 7) is 6.06. The molecule has 2 spiro atoms. The summed E-state index contributed by atoms with van der Waals surface area (Å²) in [5, 5.41) is 6.64. The Morgan fingerprint density at radius 3 is 1.10 bits per heavy atom. The Kier molecular flexibility index (Phi) is 13.6. The van der Waals surface area contributed by atoms with Gasteiger partial charge in [-0.2, -0.15) is 0 Å². The minimum atomic E-state index is -0.749. The largest absolute Gasteiger partial charge is 0.325 e. The third kappa shape index (κ3) is 8.51. The second-order valence-electron chi connectivity index (χ2n) is 21.8. The molecule has 8 aromatic rings. The molecule has 388 valence electrons. The van der Waals surface area contributed by atoms with Crippen molar-refractivity contribution in [2.45, 2.75) is 73.5 Å². The van der Waals surface area contributed by atoms with E-state index in [0.29, 0.717) is 0 Å². The fourth-order valence-electron chi connectivity index (χ4n) is 14.5. The summed E-state index contributed by atoms with van der Waals surface area (Å²) in [7, 11) is 0. The van der Waals surface area contributed by atoms with Gasteiger partial charge < -0.3 is 10.6 Å². The van der Waals surface area contributed by atoms with Gasteiger partial charge in [0.25, 0.3) is 0 Å². The molecule has 2 N–H and O–H groups in total. The minimum absolute atomic E-state index is 0.0512. The summed E-state index contributed by atoms with van der Waals surface area (Å²) in [4.78, 5) is 34.3. The highest BCUT2D eigenvalue weighted by Crippen LogP contribution is 2.67. The van der Waals surface area contributed by atoms with E-state index in [-0.39, 0.29) is 47.8 Å². The second-order valence-corrected chi connectivity index (χ2v) is 25.5. The van der Waals surface area contributed by atoms with E-state index in [1.165, 1.54) is 44.5 Å². The molecule has 2 amide bonds. The van der Waals surface area contributed by atoms with E-state index >= 15 is 0 Å². The first-order valence-corrected chi connectivity index (χ1v) is 30.0. The van der Waals surface area contributed by atoms with Crippen LogP contribution in [0.1, 0.15) is 92.4 Å². The van der Waals surface area contributed by atoms with Gasteiger partial charge in [-0.15, -0.1) is 0 Å². The van der Waals surface area contributed by atoms with Gasteiger partial charge in [-0.3, -0.25) is 19.4 Å². The van der Waals surface area contributed by atoms with Crippen molar-refractivity contribution in [3.8, 4) is 0 Å². The van der Waals surface area contributed by atoms with Crippen LogP contribution in [-0.4, -0.2) is 46.8 Å². The maximum absolute atomic E-state index is 14.5. The van der Waals surface area contributed by atoms with Crippen molar-refractivity contribution in [1.29, 1.82) is 0 Å². The van der Waals surface area contributed by atoms with Gasteiger partial charge in [0, 0.05) is 66.3 Å². The zero-order valence-electron chi connectivity index (χ0n) is 43.1. The Morgan fingerprint density at radius 2 is 0.744 bits per heavy atom. The first-order chi connectivity index (χ1) is 37.9. The Bertz CT molecular complexity index is 3430. The monoisotopic (exact) mass is 1280 g/mol. The molecule has 0 bridgehead atoms. The molecule has 0 aromatic heterocycles. The zero-order valence-corrected chi connectivity index (χ0v) is 49.5. The standard InChI is InChI=1S/2C34H28Br2N2O/c2*1-21-6-10-23(11-7-21)30-31(24-12-16-27(36)17-13-24)38-19-18-25(20-22-8-14-26(35)15-9-22)32(38)34(30)28-4-2-3-5-29(28)37-33(34)39/h2*2-17,20,30-32H,18-19H2,1H3,(H,37,39)/b2*25-20+/t2*30-,31-,32-,34-/m11/s1. The molecule has 10 heteroatoms. The van der Waals surface area contributed by atoms with Crippen molar-refractivity contribution in [1.82, 2.24) is 9.80 Å². The number of fused-ring (bicyclic) bond motifs is 8. The molecule has 8 atom stereocenters. The predicted molar refractivity (Wildman–Crippen MR) is 330 cm³/mol. The fourth-order valence-corrected chi connectivity index (χ4v) is 15.6. The summed E-state index contributed by atoms with van der Waals surface area (Å²) in [6, 6.07) is 68.7. The molecule has 0 unspecified atom stereocenters. The van der Waals surface area contributed by atoms with Gasteiger partial charge in [0.1, 0.15) is 10.8 Å². The van der Waals surface area contributed by atoms with E-state index in [0.717, 1.165) is 77.5 Å². The van der Waals surface area contributed by atoms with E-state index in [9.17, 15) is 9.59 Å². The van der Waals surface area contributed by atoms with Crippen LogP contribution < -0.4 is 10.6 Å². The topological polar surface area (TPSA) is 64.7 Å². The quantitative estimate of drug-likeness (QED) is 0.174. The number of para-hydroxylation sites is 2. The lowest BCUT2D eigenvalue weighted by Crippen LogP contribution is -2.48. The van der Waals surface area contributed by atoms with E-state index in [4.69, 9.17) is 0 Å². The van der Waals surface area contributed by atoms with Crippen LogP contribution >= 0.6 is 63.7 Å². The molecule has 0 radical (unpaired) electrons. The molecule has 4 saturated heterocycles. The lowest BCUT2D eigenvalue weighted by atomic mass is 9.62. The Labute approximate surface area is 490 Å². The van der Waals surface area contributed by atoms with Crippen molar-refractivity contribution in [2.24, 2.45) is 0 Å². The maximum Gasteiger partial charge on any atom is 0.237 e. The van der Waals surface area contributed by atoms with Crippen LogP contribution in [0.15, 0.2) is 223 Å². The number of aryl methyl sites for hydroxylation is 2. The molecular weight excluding hydrogens is 1220 g/mol. The van der Waals surface area contributed by atoms with Crippen LogP contribution in [0.25, 0.3) is 12.2 Å². The number of nitrogens with one attached hydrogen (secondary N) is 2. The molecule has 14 rings (SSSR count). The highest BCUT2D eigenvalue weighted by atomic mass is 79.9. The zero-order chi connectivity index (χ0) is 53.5. The molecule has 6 heterocycles. The lowest BCUT2D eigenvalue weighted by Gasteiger charge is -2.36. The summed E-state index contributed by atoms with van der Waals surface area (Å²) >= 11 is 14.4. The summed E-state index contributed by atoms with van der Waals surface area (Å²) < 4.78 is 4.25. The molecule has 0 saturated carbocycles. The summed E-state index contributed by atoms with van der Waals surface area (Å²) in [5.41, 5.74) is 14.9. The second kappa shape index (κ2) is 20.6. The number of amides is 2. The molecule has 4 fully saturated rings. The van der Waals surface area contributed by atoms with Gasteiger partial charge in [0.2, 0.25) is 11.8 Å². The van der Waals surface area contributed by atoms with Crippen molar-refractivity contribution < 1.29 is 9.59 Å². The van der Waals surface area contributed by atoms with Crippen LogP contribution in [0.2, 0.25) is 0 Å². The minimum Gasteiger partial charge on any atom is -0.325 e. The van der Waals surface area contributed by atoms with Gasteiger partial charge in [-0.1, -0.05) is 220 Å². The van der Waals surface area contributed by atoms with Crippen LogP contribution in [0.4, 0.5) is 11.4 Å². The van der Waals surface area contributed by atoms with Gasteiger partial charge in [-0.05, 0) is 143 Å². The van der Waals surface area contributed by atoms with Crippen LogP contribution in [-0.2, 0) is 20.4 Å². The van der Waals surface area contributed by atoms with Crippen molar-refractivity contribution >= 4 is 99.1 Å². The predicted octanol–water partition coefficient (Wildman–Crippen LogP) is 16.8. The molecule has 0 aliphatic carbocycles. The number of hydrogen-bond acceptors (Lipinski definition) is 4. The number of anilines is 2. The Balaban J connectivity index is 0.000000148. The van der Waals surface area contributed by atoms with Crippen molar-refractivity contribution in [2.75, 3.05) is 23.7 Å². The number of rotatable bonds is 6. The number of halogens is 4. The highest BCUT2D eigenvalue weighted by molar-refractivity contribution is 9.11. The van der Waals surface area contributed by atoms with E-state index in [1.54, 1.807) is 0 Å². The SMILES string of the molecule is Cc1ccc([C@@H]2[C@@H](c3ccc(Br)cc3)N3CC/C(=C\c4ccc(Br)cc4)[C@@H]3[C@]23C(=O)Nc2ccccc23)cc1.Cc1ccc([C@@H]2[C@@H](c3ccc(Br)cc3)N3CC/C(=C\c4ccc(Br)cc4)[C@@H]3[C@]23C(=O)Nc2ccccc23)cc1. The van der Waals surface area contributed by atoms with Gasteiger partial charge in [-0.25, -0.2) is 0 Å². The molecule has 6 nitrogen and oxygen atoms in total. The average Bonchev–Trinajstić information content (AvgIpc) is 4.43. The lowest BCUT2D eigenvalue weighted by molar-refractivity contribution is -0.122. The number of carbonyl (C=O) groups excluding carboxylic acids is 2. The number of hydrogen-bond donors (Lipinski definition) is 2. The van der Waals surface area contributed by atoms with Gasteiger partial charge in [0.15, 0.2) is 0 Å². The Morgan fingerprint density at radius 1 is 0.423 bits per heavy atom. The third-order valence-corrected chi connectivity index (χ3v) is 19.7. The molecule has 6 aliphatic heterocycles. The number of carbonyl (C=O) groups is 2. The molecule has 8 aromatic carbocycles. The first-order valence-electron chi connectivity index (χ1n) is 26.8. The van der Waals surface area contributed by atoms with Crippen LogP contribution in [0, 0.1) is 13.8 Å². The summed E-state index contributed by atoms with van der Waals surface area (Å²) in [6.07, 6.45) is 6.52. The molecule has 78 heavy (non-hydrogen) atoms. The maximum atomic E-state index is 14.5. The van der Waals surface area contributed by atoms with E-state index < -0.39 is 10.8 Å². The smallest absolute Gasteiger partial charge is 0.237 e. The van der Waals surface area contributed by atoms with Crippen LogP contribution in [0.5, 0.6) is 0 Å². The van der Waals surface area contributed by atoms with Gasteiger partial charge >= 0.3 is 0 Å².